The van der Waals surface area contributed by atoms with Crippen LogP contribution in [0.1, 0.15) is 35.0 Å². The molecule has 0 spiro atoms. The number of thiazole rings is 1. The number of nitrogens with zero attached hydrogens (tertiary/aromatic N) is 5. The Morgan fingerprint density at radius 1 is 1.27 bits per heavy atom. The third-order valence-electron chi connectivity index (χ3n) is 5.44. The van der Waals surface area contributed by atoms with Crippen LogP contribution in [0.25, 0.3) is 10.2 Å². The molecule has 0 N–H and O–H groups in total. The van der Waals surface area contributed by atoms with Gasteiger partial charge in [0.15, 0.2) is 10.8 Å². The van der Waals surface area contributed by atoms with Crippen LogP contribution in [0.5, 0.6) is 0 Å². The molecule has 8 heteroatoms. The fourth-order valence-electron chi connectivity index (χ4n) is 3.83. The number of carbonyl (C=O) groups is 1. The van der Waals surface area contributed by atoms with Crippen LogP contribution in [0.3, 0.4) is 0 Å². The van der Waals surface area contributed by atoms with Gasteiger partial charge in [-0.3, -0.25) is 19.3 Å². The predicted octanol–water partition coefficient (Wildman–Crippen LogP) is 3.50. The SMILES string of the molecule is CCn1ccc(C(=O)N(CCCN2CCOCC2)c2nc3c(C)cc(C)cc3s2)n1. The van der Waals surface area contributed by atoms with Crippen LogP contribution in [0.15, 0.2) is 24.4 Å². The van der Waals surface area contributed by atoms with Crippen LogP contribution in [0.2, 0.25) is 0 Å². The van der Waals surface area contributed by atoms with E-state index in [1.807, 2.05) is 18.0 Å². The van der Waals surface area contributed by atoms with Crippen molar-refractivity contribution in [2.75, 3.05) is 44.3 Å². The average molecular weight is 428 g/mol. The highest BCUT2D eigenvalue weighted by Gasteiger charge is 2.24. The molecule has 1 aromatic carbocycles. The molecule has 3 aromatic rings. The summed E-state index contributed by atoms with van der Waals surface area (Å²) in [4.78, 5) is 22.4. The van der Waals surface area contributed by atoms with Crippen LogP contribution in [-0.4, -0.2) is 65.0 Å². The van der Waals surface area contributed by atoms with Gasteiger partial charge in [0.1, 0.15) is 0 Å². The molecular formula is C22H29N5O2S. The molecule has 1 saturated heterocycles. The quantitative estimate of drug-likeness (QED) is 0.577. The number of fused-ring (bicyclic) bond motifs is 1. The summed E-state index contributed by atoms with van der Waals surface area (Å²) in [5.41, 5.74) is 3.80. The summed E-state index contributed by atoms with van der Waals surface area (Å²) in [6.45, 7) is 12.0. The number of morpholine rings is 1. The van der Waals surface area contributed by atoms with Crippen LogP contribution in [-0.2, 0) is 11.3 Å². The normalized spacial score (nSPS) is 15.0. The fraction of sp³-hybridized carbons (Fsp3) is 0.500. The molecule has 7 nitrogen and oxygen atoms in total. The van der Waals surface area contributed by atoms with E-state index >= 15 is 0 Å². The van der Waals surface area contributed by atoms with Gasteiger partial charge in [-0.15, -0.1) is 0 Å². The van der Waals surface area contributed by atoms with Crippen LogP contribution < -0.4 is 4.90 Å². The molecule has 1 aliphatic rings. The molecule has 160 valence electrons. The third kappa shape index (κ3) is 4.55. The zero-order chi connectivity index (χ0) is 21.1. The highest BCUT2D eigenvalue weighted by molar-refractivity contribution is 7.22. The highest BCUT2D eigenvalue weighted by atomic mass is 32.1. The number of amides is 1. The van der Waals surface area contributed by atoms with Gasteiger partial charge in [-0.2, -0.15) is 5.10 Å². The van der Waals surface area contributed by atoms with Crippen molar-refractivity contribution >= 4 is 32.6 Å². The Labute approximate surface area is 181 Å². The van der Waals surface area contributed by atoms with E-state index < -0.39 is 0 Å². The molecule has 4 rings (SSSR count). The number of aryl methyl sites for hydroxylation is 3. The Kier molecular flexibility index (Phi) is 6.46. The summed E-state index contributed by atoms with van der Waals surface area (Å²) < 4.78 is 8.34. The molecule has 0 saturated carbocycles. The van der Waals surface area contributed by atoms with Crippen LogP contribution in [0, 0.1) is 13.8 Å². The molecule has 1 fully saturated rings. The number of carbonyl (C=O) groups excluding carboxylic acids is 1. The van der Waals surface area contributed by atoms with E-state index in [0.29, 0.717) is 12.2 Å². The predicted molar refractivity (Wildman–Crippen MR) is 121 cm³/mol. The van der Waals surface area contributed by atoms with Crippen molar-refractivity contribution in [3.63, 3.8) is 0 Å². The Bertz CT molecular complexity index is 1020. The third-order valence-corrected chi connectivity index (χ3v) is 6.46. The molecule has 30 heavy (non-hydrogen) atoms. The minimum absolute atomic E-state index is 0.0855. The highest BCUT2D eigenvalue weighted by Crippen LogP contribution is 2.32. The van der Waals surface area contributed by atoms with Gasteiger partial charge < -0.3 is 4.74 Å². The Morgan fingerprint density at radius 2 is 2.07 bits per heavy atom. The first-order valence-corrected chi connectivity index (χ1v) is 11.4. The number of hydrogen-bond donors (Lipinski definition) is 0. The minimum Gasteiger partial charge on any atom is -0.379 e. The second-order valence-electron chi connectivity index (χ2n) is 7.75. The van der Waals surface area contributed by atoms with Crippen molar-refractivity contribution in [3.8, 4) is 0 Å². The molecule has 3 heterocycles. The van der Waals surface area contributed by atoms with E-state index in [1.54, 1.807) is 22.1 Å². The van der Waals surface area contributed by atoms with Crippen LogP contribution in [0.4, 0.5) is 5.13 Å². The number of aromatic nitrogens is 3. The van der Waals surface area contributed by atoms with Crippen LogP contribution >= 0.6 is 11.3 Å². The maximum Gasteiger partial charge on any atom is 0.280 e. The summed E-state index contributed by atoms with van der Waals surface area (Å²) in [7, 11) is 0. The summed E-state index contributed by atoms with van der Waals surface area (Å²) in [6, 6.07) is 6.08. The monoisotopic (exact) mass is 427 g/mol. The first-order chi connectivity index (χ1) is 14.5. The van der Waals surface area contributed by atoms with Gasteiger partial charge in [0.25, 0.3) is 5.91 Å². The molecule has 0 aliphatic carbocycles. The van der Waals surface area contributed by atoms with Crippen molar-refractivity contribution < 1.29 is 9.53 Å². The number of benzene rings is 1. The van der Waals surface area contributed by atoms with E-state index in [-0.39, 0.29) is 5.91 Å². The summed E-state index contributed by atoms with van der Waals surface area (Å²) in [6.07, 6.45) is 2.74. The van der Waals surface area contributed by atoms with Crippen molar-refractivity contribution in [2.45, 2.75) is 33.7 Å². The minimum atomic E-state index is -0.0855. The maximum absolute atomic E-state index is 13.4. The van der Waals surface area contributed by atoms with E-state index in [2.05, 4.69) is 36.0 Å². The topological polar surface area (TPSA) is 63.5 Å². The van der Waals surface area contributed by atoms with Gasteiger partial charge >= 0.3 is 0 Å². The average Bonchev–Trinajstić information content (AvgIpc) is 3.39. The number of anilines is 1. The van der Waals surface area contributed by atoms with Crippen molar-refractivity contribution in [1.29, 1.82) is 0 Å². The van der Waals surface area contributed by atoms with Gasteiger partial charge in [0, 0.05) is 38.9 Å². The Morgan fingerprint density at radius 3 is 2.80 bits per heavy atom. The van der Waals surface area contributed by atoms with Gasteiger partial charge in [0.05, 0.1) is 23.4 Å². The first kappa shape index (κ1) is 21.0. The van der Waals surface area contributed by atoms with E-state index in [1.165, 1.54) is 5.56 Å². The largest absolute Gasteiger partial charge is 0.379 e. The molecule has 0 unspecified atom stereocenters. The Hall–Kier alpha value is -2.29. The molecule has 1 amide bonds. The second kappa shape index (κ2) is 9.24. The number of rotatable bonds is 7. The van der Waals surface area contributed by atoms with Gasteiger partial charge in [0.2, 0.25) is 0 Å². The first-order valence-electron chi connectivity index (χ1n) is 10.6. The molecule has 0 atom stereocenters. The van der Waals surface area contributed by atoms with Gasteiger partial charge in [-0.25, -0.2) is 4.98 Å². The standard InChI is InChI=1S/C22H29N5O2S/c1-4-26-9-6-18(24-26)21(28)27(8-5-7-25-10-12-29-13-11-25)22-23-20-17(3)14-16(2)15-19(20)30-22/h6,9,14-15H,4-5,7-8,10-13H2,1-3H3. The maximum atomic E-state index is 13.4. The lowest BCUT2D eigenvalue weighted by Crippen LogP contribution is -2.39. The smallest absolute Gasteiger partial charge is 0.280 e. The lowest BCUT2D eigenvalue weighted by Gasteiger charge is -2.27. The van der Waals surface area contributed by atoms with Crippen molar-refractivity contribution in [2.24, 2.45) is 0 Å². The summed E-state index contributed by atoms with van der Waals surface area (Å²) in [5, 5.41) is 5.18. The number of hydrogen-bond acceptors (Lipinski definition) is 6. The second-order valence-corrected chi connectivity index (χ2v) is 8.76. The van der Waals surface area contributed by atoms with E-state index in [4.69, 9.17) is 9.72 Å². The zero-order valence-electron chi connectivity index (χ0n) is 17.9. The lowest BCUT2D eigenvalue weighted by atomic mass is 10.1. The van der Waals surface area contributed by atoms with Crippen molar-refractivity contribution in [1.82, 2.24) is 19.7 Å². The summed E-state index contributed by atoms with van der Waals surface area (Å²) in [5.74, 6) is -0.0855. The van der Waals surface area contributed by atoms with E-state index in [9.17, 15) is 4.79 Å². The molecule has 2 aromatic heterocycles. The molecule has 1 aliphatic heterocycles. The Balaban J connectivity index is 1.59. The summed E-state index contributed by atoms with van der Waals surface area (Å²) >= 11 is 1.58. The van der Waals surface area contributed by atoms with Gasteiger partial charge in [-0.1, -0.05) is 17.4 Å². The van der Waals surface area contributed by atoms with Crippen molar-refractivity contribution in [3.05, 3.63) is 41.2 Å². The number of ether oxygens (including phenoxy) is 1. The zero-order valence-corrected chi connectivity index (χ0v) is 18.7. The molecule has 0 radical (unpaired) electrons. The molecular weight excluding hydrogens is 398 g/mol. The van der Waals surface area contributed by atoms with E-state index in [0.717, 1.165) is 66.7 Å². The lowest BCUT2D eigenvalue weighted by molar-refractivity contribution is 0.0376. The molecule has 0 bridgehead atoms. The van der Waals surface area contributed by atoms with Gasteiger partial charge in [-0.05, 0) is 50.5 Å². The fourth-order valence-corrected chi connectivity index (χ4v) is 4.99.